The maximum Gasteiger partial charge on any atom is 0.118 e. The van der Waals surface area contributed by atoms with Gasteiger partial charge in [-0.3, -0.25) is 4.99 Å². The molecular formula is C15H22N2O. The summed E-state index contributed by atoms with van der Waals surface area (Å²) in [5, 5.41) is 0. The molecule has 0 saturated carbocycles. The summed E-state index contributed by atoms with van der Waals surface area (Å²) in [4.78, 5) is 6.99. The Morgan fingerprint density at radius 3 is 2.56 bits per heavy atom. The summed E-state index contributed by atoms with van der Waals surface area (Å²) in [6, 6.07) is 7.99. The lowest BCUT2D eigenvalue weighted by Crippen LogP contribution is -2.31. The molecule has 1 fully saturated rings. The van der Waals surface area contributed by atoms with E-state index in [2.05, 4.69) is 9.89 Å². The van der Waals surface area contributed by atoms with Gasteiger partial charge in [-0.05, 0) is 55.8 Å². The number of ether oxygens (including phenoxy) is 1. The Bertz CT molecular complexity index is 367. The lowest BCUT2D eigenvalue weighted by atomic mass is 10.1. The van der Waals surface area contributed by atoms with Crippen LogP contribution >= 0.6 is 0 Å². The molecule has 0 atom stereocenters. The molecule has 1 aliphatic heterocycles. The van der Waals surface area contributed by atoms with E-state index in [1.807, 2.05) is 30.5 Å². The maximum absolute atomic E-state index is 5.12. The standard InChI is InChI=1S/C15H22N2O/c1-18-15-7-5-14(6-8-15)13-16-9-12-17-10-3-2-4-11-17/h5-8,13H,2-4,9-12H2,1H3. The van der Waals surface area contributed by atoms with Gasteiger partial charge < -0.3 is 9.64 Å². The van der Waals surface area contributed by atoms with E-state index in [1.165, 1.54) is 32.4 Å². The van der Waals surface area contributed by atoms with E-state index < -0.39 is 0 Å². The van der Waals surface area contributed by atoms with Crippen molar-refractivity contribution in [2.45, 2.75) is 19.3 Å². The number of hydrogen-bond acceptors (Lipinski definition) is 3. The number of hydrogen-bond donors (Lipinski definition) is 0. The van der Waals surface area contributed by atoms with E-state index in [0.29, 0.717) is 0 Å². The molecule has 2 rings (SSSR count). The summed E-state index contributed by atoms with van der Waals surface area (Å²) in [7, 11) is 1.68. The zero-order valence-corrected chi connectivity index (χ0v) is 11.1. The second kappa shape index (κ2) is 7.17. The van der Waals surface area contributed by atoms with Crippen LogP contribution in [0.2, 0.25) is 0 Å². The van der Waals surface area contributed by atoms with Gasteiger partial charge in [0.25, 0.3) is 0 Å². The molecule has 1 heterocycles. The highest BCUT2D eigenvalue weighted by atomic mass is 16.5. The molecule has 0 bridgehead atoms. The Labute approximate surface area is 109 Å². The van der Waals surface area contributed by atoms with Crippen LogP contribution in [0.3, 0.4) is 0 Å². The molecule has 0 aliphatic carbocycles. The highest BCUT2D eigenvalue weighted by molar-refractivity contribution is 5.79. The fourth-order valence-electron chi connectivity index (χ4n) is 2.24. The normalized spacial score (nSPS) is 17.2. The van der Waals surface area contributed by atoms with Crippen molar-refractivity contribution in [1.82, 2.24) is 4.90 Å². The van der Waals surface area contributed by atoms with Crippen LogP contribution in [0, 0.1) is 0 Å². The molecule has 0 aromatic heterocycles. The summed E-state index contributed by atoms with van der Waals surface area (Å²) in [6.45, 7) is 4.48. The van der Waals surface area contributed by atoms with E-state index in [0.717, 1.165) is 24.4 Å². The molecule has 0 radical (unpaired) electrons. The number of rotatable bonds is 5. The number of aliphatic imine (C=N–C) groups is 1. The minimum Gasteiger partial charge on any atom is -0.497 e. The summed E-state index contributed by atoms with van der Waals surface area (Å²) in [6.07, 6.45) is 6.04. The topological polar surface area (TPSA) is 24.8 Å². The zero-order valence-electron chi connectivity index (χ0n) is 11.1. The van der Waals surface area contributed by atoms with E-state index in [4.69, 9.17) is 4.74 Å². The van der Waals surface area contributed by atoms with Gasteiger partial charge in [0.15, 0.2) is 0 Å². The number of methoxy groups -OCH3 is 1. The van der Waals surface area contributed by atoms with E-state index >= 15 is 0 Å². The van der Waals surface area contributed by atoms with Crippen LogP contribution < -0.4 is 4.74 Å². The van der Waals surface area contributed by atoms with Crippen LogP contribution in [-0.4, -0.2) is 44.4 Å². The molecule has 18 heavy (non-hydrogen) atoms. The molecule has 3 nitrogen and oxygen atoms in total. The monoisotopic (exact) mass is 246 g/mol. The van der Waals surface area contributed by atoms with Gasteiger partial charge in [-0.25, -0.2) is 0 Å². The van der Waals surface area contributed by atoms with Crippen molar-refractivity contribution < 1.29 is 4.74 Å². The molecule has 1 aromatic rings. The largest absolute Gasteiger partial charge is 0.497 e. The summed E-state index contributed by atoms with van der Waals surface area (Å²) >= 11 is 0. The summed E-state index contributed by atoms with van der Waals surface area (Å²) in [5.74, 6) is 0.889. The summed E-state index contributed by atoms with van der Waals surface area (Å²) in [5.41, 5.74) is 1.13. The second-order valence-corrected chi connectivity index (χ2v) is 4.71. The molecule has 98 valence electrons. The van der Waals surface area contributed by atoms with Crippen LogP contribution in [0.25, 0.3) is 0 Å². The summed E-state index contributed by atoms with van der Waals surface area (Å²) < 4.78 is 5.12. The lowest BCUT2D eigenvalue weighted by Gasteiger charge is -2.25. The average Bonchev–Trinajstić information content (AvgIpc) is 2.45. The zero-order chi connectivity index (χ0) is 12.6. The third-order valence-corrected chi connectivity index (χ3v) is 3.35. The van der Waals surface area contributed by atoms with E-state index in [9.17, 15) is 0 Å². The van der Waals surface area contributed by atoms with Gasteiger partial charge in [-0.15, -0.1) is 0 Å². The van der Waals surface area contributed by atoms with E-state index in [-0.39, 0.29) is 0 Å². The molecule has 1 aliphatic rings. The molecule has 0 spiro atoms. The molecule has 1 saturated heterocycles. The van der Waals surface area contributed by atoms with Crippen molar-refractivity contribution in [3.05, 3.63) is 29.8 Å². The Balaban J connectivity index is 1.72. The van der Waals surface area contributed by atoms with Crippen LogP contribution in [0.5, 0.6) is 5.75 Å². The minimum absolute atomic E-state index is 0.889. The molecule has 3 heteroatoms. The number of likely N-dealkylation sites (tertiary alicyclic amines) is 1. The molecule has 0 N–H and O–H groups in total. The first kappa shape index (κ1) is 13.1. The minimum atomic E-state index is 0.889. The van der Waals surface area contributed by atoms with Gasteiger partial charge in [0.05, 0.1) is 13.7 Å². The van der Waals surface area contributed by atoms with Crippen LogP contribution in [-0.2, 0) is 0 Å². The van der Waals surface area contributed by atoms with Gasteiger partial charge in [-0.2, -0.15) is 0 Å². The van der Waals surface area contributed by atoms with Crippen molar-refractivity contribution in [3.63, 3.8) is 0 Å². The first-order chi connectivity index (χ1) is 8.88. The van der Waals surface area contributed by atoms with Gasteiger partial charge in [0.2, 0.25) is 0 Å². The van der Waals surface area contributed by atoms with E-state index in [1.54, 1.807) is 7.11 Å². The fraction of sp³-hybridized carbons (Fsp3) is 0.533. The van der Waals surface area contributed by atoms with Gasteiger partial charge in [-0.1, -0.05) is 6.42 Å². The van der Waals surface area contributed by atoms with Gasteiger partial charge in [0.1, 0.15) is 5.75 Å². The van der Waals surface area contributed by atoms with Crippen LogP contribution in [0.15, 0.2) is 29.3 Å². The van der Waals surface area contributed by atoms with Crippen molar-refractivity contribution >= 4 is 6.21 Å². The van der Waals surface area contributed by atoms with Crippen molar-refractivity contribution in [2.24, 2.45) is 4.99 Å². The van der Waals surface area contributed by atoms with Gasteiger partial charge >= 0.3 is 0 Å². The Morgan fingerprint density at radius 1 is 1.17 bits per heavy atom. The maximum atomic E-state index is 5.12. The highest BCUT2D eigenvalue weighted by Gasteiger charge is 2.08. The highest BCUT2D eigenvalue weighted by Crippen LogP contribution is 2.10. The molecule has 0 unspecified atom stereocenters. The third-order valence-electron chi connectivity index (χ3n) is 3.35. The van der Waals surface area contributed by atoms with Crippen molar-refractivity contribution in [3.8, 4) is 5.75 Å². The second-order valence-electron chi connectivity index (χ2n) is 4.71. The predicted octanol–water partition coefficient (Wildman–Crippen LogP) is 2.60. The average molecular weight is 246 g/mol. The van der Waals surface area contributed by atoms with Gasteiger partial charge in [0, 0.05) is 12.8 Å². The Morgan fingerprint density at radius 2 is 1.89 bits per heavy atom. The first-order valence-electron chi connectivity index (χ1n) is 6.75. The molecule has 1 aromatic carbocycles. The SMILES string of the molecule is COc1ccc(C=NCCN2CCCCC2)cc1. The molecular weight excluding hydrogens is 224 g/mol. The number of nitrogens with zero attached hydrogens (tertiary/aromatic N) is 2. The predicted molar refractivity (Wildman–Crippen MR) is 75.7 cm³/mol. The smallest absolute Gasteiger partial charge is 0.118 e. The van der Waals surface area contributed by atoms with Crippen molar-refractivity contribution in [2.75, 3.05) is 33.3 Å². The third kappa shape index (κ3) is 4.15. The van der Waals surface area contributed by atoms with Crippen LogP contribution in [0.1, 0.15) is 24.8 Å². The Hall–Kier alpha value is -1.35. The quantitative estimate of drug-likeness (QED) is 0.746. The Kier molecular flexibility index (Phi) is 5.21. The first-order valence-corrected chi connectivity index (χ1v) is 6.75. The fourth-order valence-corrected chi connectivity index (χ4v) is 2.24. The lowest BCUT2D eigenvalue weighted by molar-refractivity contribution is 0.235. The number of benzene rings is 1. The van der Waals surface area contributed by atoms with Crippen molar-refractivity contribution in [1.29, 1.82) is 0 Å². The number of piperidine rings is 1. The molecule has 0 amide bonds. The van der Waals surface area contributed by atoms with Crippen LogP contribution in [0.4, 0.5) is 0 Å².